The van der Waals surface area contributed by atoms with E-state index < -0.39 is 0 Å². The van der Waals surface area contributed by atoms with Gasteiger partial charge >= 0.3 is 0 Å². The quantitative estimate of drug-likeness (QED) is 0.794. The van der Waals surface area contributed by atoms with E-state index in [1.54, 1.807) is 25.3 Å². The van der Waals surface area contributed by atoms with Gasteiger partial charge in [-0.3, -0.25) is 4.79 Å². The molecule has 20 heavy (non-hydrogen) atoms. The zero-order chi connectivity index (χ0) is 14.1. The smallest absolute Gasteiger partial charge is 0.193 e. The first-order chi connectivity index (χ1) is 9.74. The highest BCUT2D eigenvalue weighted by Gasteiger charge is 2.27. The molecule has 0 aliphatic heterocycles. The second-order valence-electron chi connectivity index (χ2n) is 4.83. The molecule has 1 unspecified atom stereocenters. The minimum Gasteiger partial charge on any atom is -0.497 e. The molecule has 1 aliphatic rings. The van der Waals surface area contributed by atoms with Gasteiger partial charge in [0.1, 0.15) is 5.75 Å². The summed E-state index contributed by atoms with van der Waals surface area (Å²) in [5.74, 6) is 0.325. The molecule has 3 heteroatoms. The van der Waals surface area contributed by atoms with E-state index in [1.807, 2.05) is 24.3 Å². The molecule has 3 nitrogen and oxygen atoms in total. The predicted octanol–water partition coefficient (Wildman–Crippen LogP) is 3.09. The monoisotopic (exact) mass is 263 g/mol. The maximum Gasteiger partial charge on any atom is 0.193 e. The number of methoxy groups -OCH3 is 1. The Kier molecular flexibility index (Phi) is 3.00. The normalized spacial score (nSPS) is 16.6. The van der Waals surface area contributed by atoms with E-state index in [0.717, 1.165) is 11.1 Å². The third-order valence-electron chi connectivity index (χ3n) is 3.72. The van der Waals surface area contributed by atoms with Crippen LogP contribution in [0.5, 0.6) is 5.75 Å². The highest BCUT2D eigenvalue weighted by atomic mass is 16.5. The summed E-state index contributed by atoms with van der Waals surface area (Å²) >= 11 is 0. The van der Waals surface area contributed by atoms with Crippen molar-refractivity contribution in [3.8, 4) is 11.8 Å². The van der Waals surface area contributed by atoms with Gasteiger partial charge in [-0.1, -0.05) is 24.3 Å². The molecule has 0 saturated heterocycles. The van der Waals surface area contributed by atoms with Crippen LogP contribution in [0.15, 0.2) is 42.5 Å². The van der Waals surface area contributed by atoms with Crippen molar-refractivity contribution in [3.63, 3.8) is 0 Å². The molecule has 1 aliphatic carbocycles. The molecule has 0 saturated carbocycles. The van der Waals surface area contributed by atoms with Crippen molar-refractivity contribution in [2.45, 2.75) is 12.3 Å². The van der Waals surface area contributed by atoms with Crippen LogP contribution in [0.4, 0.5) is 0 Å². The molecule has 0 N–H and O–H groups in total. The van der Waals surface area contributed by atoms with Crippen LogP contribution in [-0.4, -0.2) is 12.9 Å². The molecular weight excluding hydrogens is 250 g/mol. The SMILES string of the molecule is COc1ccc2c(c1)C(C#N)Cc1ccccc1C2=O. The molecule has 0 fully saturated rings. The second-order valence-corrected chi connectivity index (χ2v) is 4.83. The van der Waals surface area contributed by atoms with Crippen LogP contribution >= 0.6 is 0 Å². The number of ketones is 1. The number of carbonyl (C=O) groups is 1. The Morgan fingerprint density at radius 1 is 1.20 bits per heavy atom. The Hall–Kier alpha value is -2.60. The standard InChI is InChI=1S/C17H13NO2/c1-20-13-6-7-15-16(9-13)12(10-18)8-11-4-2-3-5-14(11)17(15)19/h2-7,9,12H,8H2,1H3. The predicted molar refractivity (Wildman–Crippen MR) is 74.9 cm³/mol. The van der Waals surface area contributed by atoms with E-state index in [2.05, 4.69) is 6.07 Å². The van der Waals surface area contributed by atoms with Crippen LogP contribution in [-0.2, 0) is 6.42 Å². The lowest BCUT2D eigenvalue weighted by Gasteiger charge is -2.11. The van der Waals surface area contributed by atoms with Gasteiger partial charge in [0.2, 0.25) is 0 Å². The molecule has 0 spiro atoms. The molecule has 0 radical (unpaired) electrons. The first-order valence-electron chi connectivity index (χ1n) is 6.44. The zero-order valence-electron chi connectivity index (χ0n) is 11.1. The molecule has 0 bridgehead atoms. The summed E-state index contributed by atoms with van der Waals surface area (Å²) < 4.78 is 5.21. The lowest BCUT2D eigenvalue weighted by Crippen LogP contribution is -2.05. The van der Waals surface area contributed by atoms with Crippen molar-refractivity contribution < 1.29 is 9.53 Å². The van der Waals surface area contributed by atoms with Crippen LogP contribution in [0.25, 0.3) is 0 Å². The molecular formula is C17H13NO2. The van der Waals surface area contributed by atoms with E-state index >= 15 is 0 Å². The number of fused-ring (bicyclic) bond motifs is 2. The number of nitrogens with zero attached hydrogens (tertiary/aromatic N) is 1. The third-order valence-corrected chi connectivity index (χ3v) is 3.72. The fourth-order valence-corrected chi connectivity index (χ4v) is 2.67. The molecule has 98 valence electrons. The van der Waals surface area contributed by atoms with Gasteiger partial charge < -0.3 is 4.74 Å². The minimum absolute atomic E-state index is 0.0176. The molecule has 0 heterocycles. The summed E-state index contributed by atoms with van der Waals surface area (Å²) in [7, 11) is 1.58. The second kappa shape index (κ2) is 4.82. The van der Waals surface area contributed by atoms with Crippen LogP contribution < -0.4 is 4.74 Å². The Morgan fingerprint density at radius 2 is 2.00 bits per heavy atom. The van der Waals surface area contributed by atoms with Crippen LogP contribution in [0.2, 0.25) is 0 Å². The number of hydrogen-bond donors (Lipinski definition) is 0. The summed E-state index contributed by atoms with van der Waals surface area (Å²) in [5, 5.41) is 9.44. The number of ether oxygens (including phenoxy) is 1. The van der Waals surface area contributed by atoms with Gasteiger partial charge in [0, 0.05) is 11.1 Å². The van der Waals surface area contributed by atoms with Gasteiger partial charge in [-0.15, -0.1) is 0 Å². The summed E-state index contributed by atoms with van der Waals surface area (Å²) in [6, 6.07) is 15.1. The molecule has 0 aromatic heterocycles. The largest absolute Gasteiger partial charge is 0.497 e. The number of hydrogen-bond acceptors (Lipinski definition) is 3. The van der Waals surface area contributed by atoms with Crippen molar-refractivity contribution >= 4 is 5.78 Å². The van der Waals surface area contributed by atoms with E-state index in [9.17, 15) is 10.1 Å². The molecule has 2 aromatic carbocycles. The number of carbonyl (C=O) groups excluding carboxylic acids is 1. The molecule has 3 rings (SSSR count). The lowest BCUT2D eigenvalue weighted by molar-refractivity contribution is 0.103. The Bertz CT molecular complexity index is 728. The van der Waals surface area contributed by atoms with Crippen molar-refractivity contribution in [1.82, 2.24) is 0 Å². The summed E-state index contributed by atoms with van der Waals surface area (Å²) in [6.45, 7) is 0. The average molecular weight is 263 g/mol. The van der Waals surface area contributed by atoms with Gasteiger partial charge in [-0.25, -0.2) is 0 Å². The van der Waals surface area contributed by atoms with Gasteiger partial charge in [-0.05, 0) is 35.7 Å². The van der Waals surface area contributed by atoms with Gasteiger partial charge in [0.15, 0.2) is 5.78 Å². The lowest BCUT2D eigenvalue weighted by atomic mass is 9.92. The topological polar surface area (TPSA) is 50.1 Å². The third kappa shape index (κ3) is 1.86. The first kappa shape index (κ1) is 12.4. The van der Waals surface area contributed by atoms with Gasteiger partial charge in [-0.2, -0.15) is 5.26 Å². The Balaban J connectivity index is 2.24. The van der Waals surface area contributed by atoms with Crippen molar-refractivity contribution in [1.29, 1.82) is 5.26 Å². The highest BCUT2D eigenvalue weighted by Crippen LogP contribution is 2.33. The highest BCUT2D eigenvalue weighted by molar-refractivity contribution is 6.11. The van der Waals surface area contributed by atoms with Gasteiger partial charge in [0.05, 0.1) is 19.1 Å². The average Bonchev–Trinajstić information content (AvgIpc) is 2.62. The van der Waals surface area contributed by atoms with Crippen molar-refractivity contribution in [2.75, 3.05) is 7.11 Å². The molecule has 1 atom stereocenters. The minimum atomic E-state index is -0.326. The van der Waals surface area contributed by atoms with Crippen molar-refractivity contribution in [2.24, 2.45) is 0 Å². The number of benzene rings is 2. The molecule has 2 aromatic rings. The van der Waals surface area contributed by atoms with Gasteiger partial charge in [0.25, 0.3) is 0 Å². The Morgan fingerprint density at radius 3 is 2.75 bits per heavy atom. The number of nitriles is 1. The maximum absolute atomic E-state index is 12.6. The van der Waals surface area contributed by atoms with E-state index in [1.165, 1.54) is 0 Å². The summed E-state index contributed by atoms with van der Waals surface area (Å²) in [4.78, 5) is 12.6. The summed E-state index contributed by atoms with van der Waals surface area (Å²) in [5.41, 5.74) is 2.98. The maximum atomic E-state index is 12.6. The summed E-state index contributed by atoms with van der Waals surface area (Å²) in [6.07, 6.45) is 0.554. The Labute approximate surface area is 117 Å². The fraction of sp³-hybridized carbons (Fsp3) is 0.176. The zero-order valence-corrected chi connectivity index (χ0v) is 11.1. The van der Waals surface area contributed by atoms with Crippen LogP contribution in [0.1, 0.15) is 33.0 Å². The first-order valence-corrected chi connectivity index (χ1v) is 6.44. The van der Waals surface area contributed by atoms with Crippen molar-refractivity contribution in [3.05, 3.63) is 64.7 Å². The van der Waals surface area contributed by atoms with E-state index in [-0.39, 0.29) is 11.7 Å². The molecule has 0 amide bonds. The van der Waals surface area contributed by atoms with E-state index in [4.69, 9.17) is 4.74 Å². The van der Waals surface area contributed by atoms with E-state index in [0.29, 0.717) is 23.3 Å². The van der Waals surface area contributed by atoms with Crippen LogP contribution in [0, 0.1) is 11.3 Å². The fourth-order valence-electron chi connectivity index (χ4n) is 2.67. The number of rotatable bonds is 1. The van der Waals surface area contributed by atoms with Crippen LogP contribution in [0.3, 0.4) is 0 Å².